The predicted octanol–water partition coefficient (Wildman–Crippen LogP) is 27.0. The average Bonchev–Trinajstić information content (AvgIpc) is 0.775. The normalized spacial score (nSPS) is 13.0. The van der Waals surface area contributed by atoms with Crippen LogP contribution in [-0.2, 0) is 16.2 Å². The summed E-state index contributed by atoms with van der Waals surface area (Å²) in [5.41, 5.74) is 33.3. The summed E-state index contributed by atoms with van der Waals surface area (Å²) in [5, 5.41) is 6.43. The Bertz CT molecular complexity index is 6560. The molecule has 108 heavy (non-hydrogen) atoms. The summed E-state index contributed by atoms with van der Waals surface area (Å²) in [5.74, 6) is 0. The van der Waals surface area contributed by atoms with Gasteiger partial charge in [0, 0.05) is 82.9 Å². The summed E-state index contributed by atoms with van der Waals surface area (Å²) in [4.78, 5) is 5.41. The summed E-state index contributed by atoms with van der Waals surface area (Å²) >= 11 is 0. The van der Waals surface area contributed by atoms with E-state index in [2.05, 4.69) is 388 Å². The molecule has 0 radical (unpaired) electrons. The first kappa shape index (κ1) is 64.9. The molecule has 18 aromatic rings. The molecule has 0 atom stereocenters. The second-order valence-electron chi connectivity index (χ2n) is 32.7. The highest BCUT2D eigenvalue weighted by atomic mass is 16.3. The Morgan fingerprint density at radius 1 is 0.241 bits per heavy atom. The molecule has 6 heteroatoms. The number of rotatable bonds is 9. The van der Waals surface area contributed by atoms with E-state index in [4.69, 9.17) is 13.3 Å². The average molecular weight is 1390 g/mol. The van der Waals surface area contributed by atoms with Crippen molar-refractivity contribution in [3.8, 4) is 77.9 Å². The lowest BCUT2D eigenvalue weighted by molar-refractivity contribution is 0.590. The number of benzene rings is 15. The van der Waals surface area contributed by atoms with E-state index in [-0.39, 0.29) is 23.0 Å². The molecule has 518 valence electrons. The Hall–Kier alpha value is -12.6. The van der Waals surface area contributed by atoms with Gasteiger partial charge in [-0.2, -0.15) is 0 Å². The van der Waals surface area contributed by atoms with Crippen LogP contribution in [0.2, 0.25) is 0 Å². The number of hydrogen-bond acceptors (Lipinski definition) is 5. The number of hydrogen-bond donors (Lipinski definition) is 0. The first-order valence-electron chi connectivity index (χ1n) is 37.9. The standard InChI is InChI=1S/C102H79BN2O3/c1-100(2,3)69-56-79(68-36-25-35-65(53-68)62-29-13-10-14-30-62)97(82(59-69)76-43-26-42-75-72-37-19-22-44-89(72)108-99(75)76)104-85-51-49-66(63-31-15-11-16-32-63)54-83(85)103-84-55-67(64-33-17-12-18-34-64)50-52-86(84)105(88-61-71(102(7,8)9)60-87(104)96(88)103)98-80(73-40-27-47-92-94(73)77-38-20-23-45-90(77)106-92)57-70(101(4,5)6)58-81(98)74-41-28-48-93-95(74)78-39-21-24-46-91(78)107-93/h10-61H,1-9H3. The number of nitrogens with zero attached hydrogens (tertiary/aromatic N) is 2. The number of fused-ring (bicyclic) bond motifs is 13. The van der Waals surface area contributed by atoms with Gasteiger partial charge in [0.25, 0.3) is 6.71 Å². The van der Waals surface area contributed by atoms with Gasteiger partial charge >= 0.3 is 0 Å². The maximum absolute atomic E-state index is 7.29. The smallest absolute Gasteiger partial charge is 0.252 e. The molecule has 0 saturated carbocycles. The molecule has 0 spiro atoms. The lowest BCUT2D eigenvalue weighted by atomic mass is 9.33. The van der Waals surface area contributed by atoms with Crippen molar-refractivity contribution in [2.24, 2.45) is 0 Å². The lowest BCUT2D eigenvalue weighted by Crippen LogP contribution is -2.61. The molecule has 5 nitrogen and oxygen atoms in total. The number of para-hydroxylation sites is 4. The molecular weight excluding hydrogens is 1310 g/mol. The van der Waals surface area contributed by atoms with Crippen LogP contribution >= 0.6 is 0 Å². The van der Waals surface area contributed by atoms with E-state index >= 15 is 0 Å². The maximum atomic E-state index is 7.29. The molecule has 15 aromatic carbocycles. The molecule has 0 amide bonds. The molecule has 0 N–H and O–H groups in total. The highest BCUT2D eigenvalue weighted by molar-refractivity contribution is 7.00. The molecule has 0 bridgehead atoms. The molecule has 3 aromatic heterocycles. The predicted molar refractivity (Wildman–Crippen MR) is 456 cm³/mol. The van der Waals surface area contributed by atoms with Gasteiger partial charge in [-0.05, 0) is 184 Å². The topological polar surface area (TPSA) is 45.9 Å². The van der Waals surface area contributed by atoms with Crippen LogP contribution in [-0.4, -0.2) is 6.71 Å². The molecule has 0 aliphatic carbocycles. The van der Waals surface area contributed by atoms with Gasteiger partial charge < -0.3 is 23.1 Å². The minimum atomic E-state index is -0.386. The third-order valence-corrected chi connectivity index (χ3v) is 22.9. The molecule has 0 saturated heterocycles. The van der Waals surface area contributed by atoms with Crippen LogP contribution in [0.15, 0.2) is 329 Å². The zero-order chi connectivity index (χ0) is 73.1. The molecule has 5 heterocycles. The van der Waals surface area contributed by atoms with E-state index in [0.717, 1.165) is 178 Å². The van der Waals surface area contributed by atoms with E-state index in [1.54, 1.807) is 0 Å². The van der Waals surface area contributed by atoms with Gasteiger partial charge in [0.1, 0.15) is 33.5 Å². The molecule has 0 fully saturated rings. The Kier molecular flexibility index (Phi) is 14.7. The molecule has 0 unspecified atom stereocenters. The van der Waals surface area contributed by atoms with E-state index in [1.165, 1.54) is 33.1 Å². The lowest BCUT2D eigenvalue weighted by Gasteiger charge is -2.47. The Morgan fingerprint density at radius 3 is 1.08 bits per heavy atom. The highest BCUT2D eigenvalue weighted by Gasteiger charge is 2.47. The summed E-state index contributed by atoms with van der Waals surface area (Å²) in [6, 6.07) is 118. The SMILES string of the molecule is CC(C)(C)c1cc(-c2cccc(-c3ccccc3)c2)c(N2c3ccc(-c4ccccc4)cc3B3c4cc(-c5ccccc5)ccc4N(c4c(-c5cccc6oc7ccccc7c56)cc(C(C)(C)C)cc4-c4cccc5oc6ccccc6c45)c4cc(C(C)(C)C)cc2c43)c(-c2cccc3c2oc2ccccc23)c1. The quantitative estimate of drug-likeness (QED) is 0.135. The largest absolute Gasteiger partial charge is 0.456 e. The van der Waals surface area contributed by atoms with Gasteiger partial charge in [-0.3, -0.25) is 0 Å². The van der Waals surface area contributed by atoms with Crippen LogP contribution in [0.5, 0.6) is 0 Å². The third kappa shape index (κ3) is 10.4. The van der Waals surface area contributed by atoms with Crippen molar-refractivity contribution in [2.75, 3.05) is 9.80 Å². The van der Waals surface area contributed by atoms with E-state index < -0.39 is 0 Å². The first-order chi connectivity index (χ1) is 52.5. The van der Waals surface area contributed by atoms with Crippen molar-refractivity contribution >= 4 is 123 Å². The minimum Gasteiger partial charge on any atom is -0.456 e. The summed E-state index contributed by atoms with van der Waals surface area (Å²) in [6.45, 7) is 21.0. The second-order valence-corrected chi connectivity index (χ2v) is 32.7. The van der Waals surface area contributed by atoms with Gasteiger partial charge in [-0.15, -0.1) is 0 Å². The maximum Gasteiger partial charge on any atom is 0.252 e. The Morgan fingerprint density at radius 2 is 0.593 bits per heavy atom. The van der Waals surface area contributed by atoms with E-state index in [1.807, 2.05) is 0 Å². The summed E-state index contributed by atoms with van der Waals surface area (Å²) in [7, 11) is 0. The van der Waals surface area contributed by atoms with Gasteiger partial charge in [-0.25, -0.2) is 0 Å². The second kappa shape index (κ2) is 24.5. The van der Waals surface area contributed by atoms with E-state index in [9.17, 15) is 0 Å². The van der Waals surface area contributed by atoms with Crippen molar-refractivity contribution in [1.82, 2.24) is 0 Å². The van der Waals surface area contributed by atoms with Gasteiger partial charge in [0.15, 0.2) is 0 Å². The van der Waals surface area contributed by atoms with Crippen molar-refractivity contribution in [3.05, 3.63) is 332 Å². The molecule has 2 aliphatic heterocycles. The van der Waals surface area contributed by atoms with Gasteiger partial charge in [-0.1, -0.05) is 293 Å². The molecule has 2 aliphatic rings. The van der Waals surface area contributed by atoms with Crippen molar-refractivity contribution < 1.29 is 13.3 Å². The fourth-order valence-corrected chi connectivity index (χ4v) is 17.4. The van der Waals surface area contributed by atoms with Crippen LogP contribution < -0.4 is 26.2 Å². The van der Waals surface area contributed by atoms with Crippen LogP contribution in [0.25, 0.3) is 144 Å². The number of furan rings is 3. The molecule has 20 rings (SSSR count). The van der Waals surface area contributed by atoms with Crippen molar-refractivity contribution in [2.45, 2.75) is 78.6 Å². The molecular formula is C102H79BN2O3. The van der Waals surface area contributed by atoms with Crippen LogP contribution in [0, 0.1) is 0 Å². The first-order valence-corrected chi connectivity index (χ1v) is 37.9. The van der Waals surface area contributed by atoms with E-state index in [0.29, 0.717) is 0 Å². The summed E-state index contributed by atoms with van der Waals surface area (Å²) < 4.78 is 21.2. The summed E-state index contributed by atoms with van der Waals surface area (Å²) in [6.07, 6.45) is 0. The zero-order valence-electron chi connectivity index (χ0n) is 62.2. The van der Waals surface area contributed by atoms with Gasteiger partial charge in [0.2, 0.25) is 0 Å². The highest BCUT2D eigenvalue weighted by Crippen LogP contribution is 2.58. The zero-order valence-corrected chi connectivity index (χ0v) is 62.2. The minimum absolute atomic E-state index is 0.291. The van der Waals surface area contributed by atoms with Crippen molar-refractivity contribution in [3.63, 3.8) is 0 Å². The fourth-order valence-electron chi connectivity index (χ4n) is 17.4. The van der Waals surface area contributed by atoms with Gasteiger partial charge in [0.05, 0.1) is 11.4 Å². The fraction of sp³-hybridized carbons (Fsp3) is 0.118. The van der Waals surface area contributed by atoms with Crippen LogP contribution in [0.4, 0.5) is 34.1 Å². The Labute approximate surface area is 630 Å². The third-order valence-electron chi connectivity index (χ3n) is 22.9. The van der Waals surface area contributed by atoms with Crippen molar-refractivity contribution in [1.29, 1.82) is 0 Å². The Balaban J connectivity index is 0.993. The monoisotopic (exact) mass is 1390 g/mol. The van der Waals surface area contributed by atoms with Crippen LogP contribution in [0.3, 0.4) is 0 Å². The van der Waals surface area contributed by atoms with Crippen LogP contribution in [0.1, 0.15) is 79.0 Å². The number of anilines is 6.